The van der Waals surface area contributed by atoms with Gasteiger partial charge in [0.2, 0.25) is 13.3 Å². The summed E-state index contributed by atoms with van der Waals surface area (Å²) in [5, 5.41) is 12.1. The predicted molar refractivity (Wildman–Crippen MR) is 115 cm³/mol. The molecule has 0 saturated carbocycles. The van der Waals surface area contributed by atoms with Crippen LogP contribution in [0.2, 0.25) is 0 Å². The van der Waals surface area contributed by atoms with Gasteiger partial charge in [0.25, 0.3) is 0 Å². The molecule has 1 rings (SSSR count). The van der Waals surface area contributed by atoms with Crippen molar-refractivity contribution in [3.8, 4) is 0 Å². The first-order valence-electron chi connectivity index (χ1n) is 10.2. The SMILES string of the molecule is CC(C)[C@H](NC(=O)CCc1ccccc1)P(=O)(O)C[C@H](CCCCCN)C(=O)O. The average Bonchev–Trinajstić information content (AvgIpc) is 2.67. The number of nitrogens with one attached hydrogen (secondary N) is 1. The summed E-state index contributed by atoms with van der Waals surface area (Å²) in [6.07, 6.45) is 2.96. The van der Waals surface area contributed by atoms with E-state index >= 15 is 0 Å². The molecular weight excluding hydrogens is 391 g/mol. The number of carbonyl (C=O) groups excluding carboxylic acids is 1. The summed E-state index contributed by atoms with van der Waals surface area (Å²) in [6.45, 7) is 4.05. The second-order valence-corrected chi connectivity index (χ2v) is 10.3. The second kappa shape index (κ2) is 12.8. The van der Waals surface area contributed by atoms with E-state index in [0.717, 1.165) is 18.4 Å². The van der Waals surface area contributed by atoms with Crippen molar-refractivity contribution in [1.82, 2.24) is 5.32 Å². The van der Waals surface area contributed by atoms with Crippen molar-refractivity contribution in [2.24, 2.45) is 17.6 Å². The highest BCUT2D eigenvalue weighted by molar-refractivity contribution is 7.58. The fourth-order valence-corrected chi connectivity index (χ4v) is 5.78. The van der Waals surface area contributed by atoms with Gasteiger partial charge in [0, 0.05) is 12.6 Å². The Morgan fingerprint density at radius 1 is 1.14 bits per heavy atom. The molecule has 1 unspecified atom stereocenters. The number of nitrogens with two attached hydrogens (primary N) is 1. The third-order valence-electron chi connectivity index (χ3n) is 4.95. The van der Waals surface area contributed by atoms with Gasteiger partial charge in [0.15, 0.2) is 0 Å². The van der Waals surface area contributed by atoms with Crippen molar-refractivity contribution in [1.29, 1.82) is 0 Å². The summed E-state index contributed by atoms with van der Waals surface area (Å²) in [7, 11) is -3.91. The molecule has 0 aliphatic rings. The topological polar surface area (TPSA) is 130 Å². The minimum Gasteiger partial charge on any atom is -0.481 e. The molecule has 3 atom stereocenters. The van der Waals surface area contributed by atoms with Gasteiger partial charge in [-0.25, -0.2) is 0 Å². The van der Waals surface area contributed by atoms with Crippen LogP contribution in [0.25, 0.3) is 0 Å². The smallest absolute Gasteiger partial charge is 0.307 e. The van der Waals surface area contributed by atoms with Gasteiger partial charge >= 0.3 is 5.97 Å². The number of amides is 1. The highest BCUT2D eigenvalue weighted by Gasteiger charge is 2.38. The van der Waals surface area contributed by atoms with E-state index in [9.17, 15) is 24.2 Å². The molecule has 1 amide bonds. The van der Waals surface area contributed by atoms with Crippen LogP contribution in [-0.2, 0) is 20.6 Å². The molecule has 0 bridgehead atoms. The fourth-order valence-electron chi connectivity index (χ4n) is 3.31. The molecule has 0 spiro atoms. The van der Waals surface area contributed by atoms with Crippen LogP contribution in [0, 0.1) is 11.8 Å². The molecule has 0 heterocycles. The zero-order valence-electron chi connectivity index (χ0n) is 17.4. The first-order valence-corrected chi connectivity index (χ1v) is 12.2. The molecule has 29 heavy (non-hydrogen) atoms. The molecule has 1 aromatic rings. The van der Waals surface area contributed by atoms with Gasteiger partial charge < -0.3 is 21.1 Å². The monoisotopic (exact) mass is 426 g/mol. The van der Waals surface area contributed by atoms with Gasteiger partial charge in [0.05, 0.1) is 5.92 Å². The van der Waals surface area contributed by atoms with E-state index in [2.05, 4.69) is 5.32 Å². The number of hydrogen-bond acceptors (Lipinski definition) is 4. The molecular formula is C21H35N2O5P. The molecule has 1 aromatic carbocycles. The van der Waals surface area contributed by atoms with Gasteiger partial charge in [-0.2, -0.15) is 0 Å². The summed E-state index contributed by atoms with van der Waals surface area (Å²) in [5.74, 6) is -3.55. The Bertz CT molecular complexity index is 681. The van der Waals surface area contributed by atoms with Crippen LogP contribution in [0.3, 0.4) is 0 Å². The van der Waals surface area contributed by atoms with E-state index in [4.69, 9.17) is 5.73 Å². The molecule has 5 N–H and O–H groups in total. The summed E-state index contributed by atoms with van der Waals surface area (Å²) in [5.41, 5.74) is 6.46. The lowest BCUT2D eigenvalue weighted by atomic mass is 10.0. The maximum Gasteiger partial charge on any atom is 0.307 e. The average molecular weight is 426 g/mol. The first kappa shape index (κ1) is 25.3. The molecule has 7 nitrogen and oxygen atoms in total. The highest BCUT2D eigenvalue weighted by atomic mass is 31.2. The van der Waals surface area contributed by atoms with Gasteiger partial charge in [0.1, 0.15) is 5.78 Å². The zero-order chi connectivity index (χ0) is 21.9. The lowest BCUT2D eigenvalue weighted by Gasteiger charge is -2.29. The third-order valence-corrected chi connectivity index (χ3v) is 7.51. The molecule has 0 saturated heterocycles. The quantitative estimate of drug-likeness (QED) is 0.267. The number of unbranched alkanes of at least 4 members (excludes halogenated alkanes) is 2. The maximum absolute atomic E-state index is 13.0. The van der Waals surface area contributed by atoms with E-state index in [0.29, 0.717) is 25.8 Å². The van der Waals surface area contributed by atoms with Crippen LogP contribution in [0.4, 0.5) is 0 Å². The Hall–Kier alpha value is -1.69. The van der Waals surface area contributed by atoms with Crippen molar-refractivity contribution in [2.75, 3.05) is 12.7 Å². The van der Waals surface area contributed by atoms with E-state index in [-0.39, 0.29) is 24.4 Å². The van der Waals surface area contributed by atoms with Crippen molar-refractivity contribution in [3.63, 3.8) is 0 Å². The lowest BCUT2D eigenvalue weighted by Crippen LogP contribution is -2.40. The standard InChI is InChI=1S/C21H35N2O5P/c1-16(2)20(23-19(24)13-12-17-9-5-3-6-10-17)29(27,28)15-18(21(25)26)11-7-4-8-14-22/h3,5-6,9-10,16,18,20H,4,7-8,11-15,22H2,1-2H3,(H,23,24)(H,25,26)(H,27,28)/t18-,20+/m0/s1. The number of benzene rings is 1. The van der Waals surface area contributed by atoms with E-state index in [1.165, 1.54) is 0 Å². The molecule has 164 valence electrons. The Morgan fingerprint density at radius 3 is 2.34 bits per heavy atom. The summed E-state index contributed by atoms with van der Waals surface area (Å²) < 4.78 is 13.0. The summed E-state index contributed by atoms with van der Waals surface area (Å²) in [4.78, 5) is 34.6. The third kappa shape index (κ3) is 9.57. The van der Waals surface area contributed by atoms with E-state index < -0.39 is 25.0 Å². The van der Waals surface area contributed by atoms with Crippen LogP contribution < -0.4 is 11.1 Å². The Labute approximate surface area is 173 Å². The van der Waals surface area contributed by atoms with Crippen LogP contribution in [0.15, 0.2) is 30.3 Å². The lowest BCUT2D eigenvalue weighted by molar-refractivity contribution is -0.141. The Kier molecular flexibility index (Phi) is 11.2. The number of hydrogen-bond donors (Lipinski definition) is 4. The minimum atomic E-state index is -3.91. The summed E-state index contributed by atoms with van der Waals surface area (Å²) in [6, 6.07) is 9.53. The van der Waals surface area contributed by atoms with Crippen LogP contribution >= 0.6 is 7.37 Å². The number of aryl methyl sites for hydroxylation is 1. The van der Waals surface area contributed by atoms with Crippen LogP contribution in [-0.4, -0.2) is 40.4 Å². The zero-order valence-corrected chi connectivity index (χ0v) is 18.3. The molecule has 0 fully saturated rings. The van der Waals surface area contributed by atoms with E-state index in [1.807, 2.05) is 30.3 Å². The number of aliphatic carboxylic acids is 1. The number of carbonyl (C=O) groups is 2. The van der Waals surface area contributed by atoms with Gasteiger partial charge in [-0.3, -0.25) is 14.2 Å². The van der Waals surface area contributed by atoms with Gasteiger partial charge in [-0.05, 0) is 37.3 Å². The van der Waals surface area contributed by atoms with Crippen molar-refractivity contribution >= 4 is 19.2 Å². The van der Waals surface area contributed by atoms with Gasteiger partial charge in [-0.1, -0.05) is 57.0 Å². The predicted octanol–water partition coefficient (Wildman–Crippen LogP) is 3.21. The second-order valence-electron chi connectivity index (χ2n) is 7.85. The Balaban J connectivity index is 2.71. The Morgan fingerprint density at radius 2 is 1.79 bits per heavy atom. The highest BCUT2D eigenvalue weighted by Crippen LogP contribution is 2.50. The van der Waals surface area contributed by atoms with Crippen LogP contribution in [0.5, 0.6) is 0 Å². The number of rotatable bonds is 14. The van der Waals surface area contributed by atoms with E-state index in [1.54, 1.807) is 13.8 Å². The van der Waals surface area contributed by atoms with Crippen LogP contribution in [0.1, 0.15) is 51.5 Å². The largest absolute Gasteiger partial charge is 0.481 e. The molecule has 8 heteroatoms. The molecule has 0 aromatic heterocycles. The maximum atomic E-state index is 13.0. The molecule has 0 radical (unpaired) electrons. The number of carboxylic acid groups (broad SMARTS) is 1. The normalized spacial score (nSPS) is 15.5. The van der Waals surface area contributed by atoms with Crippen molar-refractivity contribution < 1.29 is 24.2 Å². The number of carboxylic acids is 1. The van der Waals surface area contributed by atoms with Gasteiger partial charge in [-0.15, -0.1) is 0 Å². The summed E-state index contributed by atoms with van der Waals surface area (Å²) >= 11 is 0. The molecule has 0 aliphatic carbocycles. The van der Waals surface area contributed by atoms with Crippen molar-refractivity contribution in [3.05, 3.63) is 35.9 Å². The van der Waals surface area contributed by atoms with Crippen molar-refractivity contribution in [2.45, 2.75) is 58.2 Å². The first-order chi connectivity index (χ1) is 13.7. The molecule has 0 aliphatic heterocycles. The minimum absolute atomic E-state index is 0.203. The fraction of sp³-hybridized carbons (Fsp3) is 0.619.